The van der Waals surface area contributed by atoms with Crippen molar-refractivity contribution < 1.29 is 48.5 Å². The fraction of sp³-hybridized carbons (Fsp3) is 0.523. The van der Waals surface area contributed by atoms with Crippen molar-refractivity contribution in [3.63, 3.8) is 0 Å². The van der Waals surface area contributed by atoms with E-state index in [-0.39, 0.29) is 82.0 Å². The summed E-state index contributed by atoms with van der Waals surface area (Å²) >= 11 is 0. The number of rotatable bonds is 26. The minimum absolute atomic E-state index is 0.00709. The lowest BCUT2D eigenvalue weighted by molar-refractivity contribution is -0.640. The predicted molar refractivity (Wildman–Crippen MR) is 246 cm³/mol. The summed E-state index contributed by atoms with van der Waals surface area (Å²) in [6, 6.07) is 8.45. The molecule has 6 amide bonds. The fourth-order valence-corrected chi connectivity index (χ4v) is 8.26. The quantitative estimate of drug-likeness (QED) is 0.0154. The lowest BCUT2D eigenvalue weighted by atomic mass is 9.95. The molecule has 68 heavy (non-hydrogen) atoms. The molecule has 0 aromatic heterocycles. The first-order valence-electron chi connectivity index (χ1n) is 22.5. The van der Waals surface area contributed by atoms with Gasteiger partial charge in [0.25, 0.3) is 0 Å². The second-order valence-electron chi connectivity index (χ2n) is 16.7. The minimum Gasteiger partial charge on any atom is -0.480 e. The van der Waals surface area contributed by atoms with Crippen molar-refractivity contribution in [2.24, 2.45) is 33.7 Å². The summed E-state index contributed by atoms with van der Waals surface area (Å²) in [6.45, 7) is -0.791. The van der Waals surface area contributed by atoms with E-state index in [1.165, 1.54) is 9.80 Å². The topological polar surface area (TPSA) is 388 Å². The Bertz CT molecular complexity index is 2130. The number of nitrogens with zero attached hydrogens (tertiary/aromatic N) is 5. The van der Waals surface area contributed by atoms with Crippen molar-refractivity contribution in [2.45, 2.75) is 113 Å². The molecule has 24 heteroatoms. The smallest absolute Gasteiger partial charge is 0.322 e. The second-order valence-corrected chi connectivity index (χ2v) is 16.7. The highest BCUT2D eigenvalue weighted by atomic mass is 16.7. The maximum Gasteiger partial charge on any atom is 0.322 e. The van der Waals surface area contributed by atoms with Crippen LogP contribution in [0.25, 0.3) is 0 Å². The number of aliphatic imine (C=N–C) groups is 1. The average Bonchev–Trinajstić information content (AvgIpc) is 4.02. The Balaban J connectivity index is 1.48. The molecule has 0 aliphatic carbocycles. The van der Waals surface area contributed by atoms with Crippen LogP contribution in [-0.4, -0.2) is 153 Å². The number of hydrogen-bond acceptors (Lipinski definition) is 14. The van der Waals surface area contributed by atoms with Gasteiger partial charge in [-0.05, 0) is 80.3 Å². The van der Waals surface area contributed by atoms with E-state index in [9.17, 15) is 48.5 Å². The number of aliphatic carboxylic acids is 1. The van der Waals surface area contributed by atoms with Crippen LogP contribution in [0, 0.1) is 10.1 Å². The highest BCUT2D eigenvalue weighted by Crippen LogP contribution is 2.22. The Morgan fingerprint density at radius 3 is 1.91 bits per heavy atom. The van der Waals surface area contributed by atoms with Crippen LogP contribution in [0.2, 0.25) is 0 Å². The zero-order chi connectivity index (χ0) is 49.9. The van der Waals surface area contributed by atoms with Gasteiger partial charge in [0.15, 0.2) is 22.8 Å². The summed E-state index contributed by atoms with van der Waals surface area (Å²) in [5, 5.41) is 28.4. The Morgan fingerprint density at radius 2 is 1.32 bits per heavy atom. The number of guanidine groups is 1. The van der Waals surface area contributed by atoms with Crippen LogP contribution in [0.1, 0.15) is 68.9 Å². The van der Waals surface area contributed by atoms with Crippen LogP contribution in [0.5, 0.6) is 0 Å². The van der Waals surface area contributed by atoms with Crippen LogP contribution >= 0.6 is 0 Å². The number of carbonyl (C=O) groups excluding carboxylic acids is 7. The van der Waals surface area contributed by atoms with Gasteiger partial charge in [0.05, 0.1) is 24.7 Å². The number of nitrogens with two attached hydrogens (primary N) is 5. The van der Waals surface area contributed by atoms with Gasteiger partial charge in [-0.2, -0.15) is 0 Å². The van der Waals surface area contributed by atoms with Gasteiger partial charge in [0, 0.05) is 26.1 Å². The van der Waals surface area contributed by atoms with E-state index in [1.807, 2.05) is 18.2 Å². The molecule has 2 aromatic rings. The molecule has 2 aliphatic heterocycles. The molecule has 7 atom stereocenters. The van der Waals surface area contributed by atoms with Gasteiger partial charge in [0.1, 0.15) is 24.7 Å². The molecule has 1 unspecified atom stereocenters. The number of nitro groups is 1. The highest BCUT2D eigenvalue weighted by molar-refractivity contribution is 5.96. The van der Waals surface area contributed by atoms with Crippen LogP contribution < -0.4 is 44.6 Å². The Morgan fingerprint density at radius 1 is 0.750 bits per heavy atom. The average molecular weight is 950 g/mol. The highest BCUT2D eigenvalue weighted by Gasteiger charge is 2.45. The third kappa shape index (κ3) is 15.8. The van der Waals surface area contributed by atoms with E-state index in [0.717, 1.165) is 5.56 Å². The van der Waals surface area contributed by atoms with Crippen LogP contribution in [0.15, 0.2) is 65.7 Å². The zero-order valence-electron chi connectivity index (χ0n) is 37.8. The minimum atomic E-state index is -1.79. The summed E-state index contributed by atoms with van der Waals surface area (Å²) < 4.78 is 0. The molecule has 370 valence electrons. The van der Waals surface area contributed by atoms with E-state index in [2.05, 4.69) is 20.9 Å². The Kier molecular flexibility index (Phi) is 20.7. The van der Waals surface area contributed by atoms with Crippen LogP contribution in [0.4, 0.5) is 0 Å². The summed E-state index contributed by atoms with van der Waals surface area (Å²) in [6.07, 6.45) is 0.947. The lowest BCUT2D eigenvalue weighted by Gasteiger charge is -2.30. The van der Waals surface area contributed by atoms with Gasteiger partial charge in [-0.1, -0.05) is 60.7 Å². The maximum atomic E-state index is 14.5. The summed E-state index contributed by atoms with van der Waals surface area (Å²) in [5.74, 6) is -6.85. The number of carboxylic acids is 1. The molecule has 24 nitrogen and oxygen atoms in total. The monoisotopic (exact) mass is 949 g/mol. The zero-order valence-corrected chi connectivity index (χ0v) is 37.8. The van der Waals surface area contributed by atoms with Gasteiger partial charge in [-0.25, -0.2) is 10.1 Å². The molecule has 0 bridgehead atoms. The van der Waals surface area contributed by atoms with Crippen LogP contribution in [0.3, 0.4) is 0 Å². The van der Waals surface area contributed by atoms with Crippen molar-refractivity contribution in [1.29, 1.82) is 0 Å². The first kappa shape index (κ1) is 53.6. The number of carboxylic acid groups (broad SMARTS) is 1. The largest absolute Gasteiger partial charge is 0.480 e. The molecule has 2 fully saturated rings. The number of ketones is 1. The summed E-state index contributed by atoms with van der Waals surface area (Å²) in [5.41, 5.74) is 30.9. The third-order valence-corrected chi connectivity index (χ3v) is 11.7. The second kappa shape index (κ2) is 26.3. The number of nitrogens with one attached hydrogen (secondary N) is 3. The SMILES string of the molecule is NC(N)=NCCC[C@@H](C(=O)C(N)CCC[C@H](N)C(=O)N1CCC[C@H]1C(=O)NCC(=O)O)N(C(=O)[C@H](Cc1ccccc1)NC(=O)[C@@H]1CCCN1C(=O)CNC(=O)[C@@H](N)Cc1ccccc1)[N+](=O)[O-]. The van der Waals surface area contributed by atoms with Crippen molar-refractivity contribution in [3.8, 4) is 0 Å². The fourth-order valence-electron chi connectivity index (χ4n) is 8.26. The molecule has 14 N–H and O–H groups in total. The van der Waals surface area contributed by atoms with E-state index in [1.54, 1.807) is 42.5 Å². The third-order valence-electron chi connectivity index (χ3n) is 11.7. The number of likely N-dealkylation sites (tertiary alicyclic amines) is 2. The lowest BCUT2D eigenvalue weighted by Crippen LogP contribution is -2.60. The summed E-state index contributed by atoms with van der Waals surface area (Å²) in [7, 11) is 0. The number of hydrazine groups is 1. The number of amides is 6. The molecule has 2 heterocycles. The van der Waals surface area contributed by atoms with E-state index < -0.39 is 108 Å². The van der Waals surface area contributed by atoms with Gasteiger partial charge >= 0.3 is 11.9 Å². The number of hydrogen-bond donors (Lipinski definition) is 9. The normalized spacial score (nSPS) is 17.7. The van der Waals surface area contributed by atoms with E-state index in [4.69, 9.17) is 33.8 Å². The molecule has 4 rings (SSSR count). The summed E-state index contributed by atoms with van der Waals surface area (Å²) in [4.78, 5) is 125. The standard InChI is InChI=1S/C44H63N13O11/c45-29(15-7-16-30(46)42(65)55-22-10-18-34(55)40(63)52-26-37(59)60)38(61)33(17-8-20-50-44(48)49)56(57(67)68)43(66)32(24-28-13-5-2-6-14-28)53-41(64)35-19-9-21-54(35)36(58)25-51-39(62)31(47)23-27-11-3-1-4-12-27/h1-6,11-14,29-35H,7-10,15-26,45-47H2,(H,51,62)(H,52,63)(H,53,64)(H,59,60)(H4,48,49,50)/t29?,30-,31-,32-,33-,34-,35-/m0/s1. The van der Waals surface area contributed by atoms with Gasteiger partial charge < -0.3 is 59.5 Å². The van der Waals surface area contributed by atoms with E-state index in [0.29, 0.717) is 24.8 Å². The number of Topliss-reactive ketones (excluding diaryl/α,β-unsaturated/α-hetero) is 1. The van der Waals surface area contributed by atoms with Gasteiger partial charge in [-0.15, -0.1) is 0 Å². The van der Waals surface area contributed by atoms with Crippen molar-refractivity contribution in [1.82, 2.24) is 30.8 Å². The molecule has 0 spiro atoms. The first-order chi connectivity index (χ1) is 32.4. The van der Waals surface area contributed by atoms with Crippen molar-refractivity contribution >= 4 is 53.2 Å². The predicted octanol–water partition coefficient (Wildman–Crippen LogP) is -2.58. The van der Waals surface area contributed by atoms with Gasteiger partial charge in [0.2, 0.25) is 29.5 Å². The Hall–Kier alpha value is -7.05. The maximum absolute atomic E-state index is 14.5. The Labute approximate surface area is 392 Å². The number of carbonyl (C=O) groups is 8. The van der Waals surface area contributed by atoms with Crippen LogP contribution in [-0.2, 0) is 51.2 Å². The van der Waals surface area contributed by atoms with Crippen molar-refractivity contribution in [3.05, 3.63) is 81.9 Å². The molecule has 2 aromatic carbocycles. The molecule has 2 saturated heterocycles. The number of benzene rings is 2. The molecule has 0 radical (unpaired) electrons. The molecule has 0 saturated carbocycles. The molecule has 2 aliphatic rings. The molecular formula is C44H63N13O11. The van der Waals surface area contributed by atoms with Gasteiger partial charge in [-0.3, -0.25) is 43.3 Å². The first-order valence-corrected chi connectivity index (χ1v) is 22.5. The molecular weight excluding hydrogens is 887 g/mol. The van der Waals surface area contributed by atoms with E-state index >= 15 is 0 Å². The van der Waals surface area contributed by atoms with Crippen molar-refractivity contribution in [2.75, 3.05) is 32.7 Å².